The Morgan fingerprint density at radius 1 is 1.20 bits per heavy atom. The number of amides is 1. The second kappa shape index (κ2) is 6.74. The largest absolute Gasteiger partial charge is 0.484 e. The minimum Gasteiger partial charge on any atom is -0.484 e. The van der Waals surface area contributed by atoms with E-state index in [1.54, 1.807) is 0 Å². The maximum Gasteiger partial charge on any atom is 0.262 e. The maximum atomic E-state index is 11.8. The second-order valence-corrected chi connectivity index (χ2v) is 5.78. The smallest absolute Gasteiger partial charge is 0.262 e. The molecule has 1 amide bonds. The number of carbonyl (C=O) groups excluding carboxylic acids is 1. The minimum atomic E-state index is -0.161. The lowest BCUT2D eigenvalue weighted by Gasteiger charge is -2.09. The summed E-state index contributed by atoms with van der Waals surface area (Å²) in [6, 6.07) is 13.5. The second-order valence-electron chi connectivity index (χ2n) is 4.62. The fourth-order valence-electron chi connectivity index (χ4n) is 1.72. The molecule has 0 aliphatic rings. The molecule has 0 saturated heterocycles. The first-order valence-corrected chi connectivity index (χ1v) is 7.38. The Bertz CT molecular complexity index is 626. The molecule has 104 valence electrons. The Morgan fingerprint density at radius 2 is 2.00 bits per heavy atom. The molecule has 2 aromatic rings. The average Bonchev–Trinajstić information content (AvgIpc) is 2.41. The molecule has 0 aliphatic carbocycles. The molecule has 0 aromatic heterocycles. The first kappa shape index (κ1) is 14.8. The summed E-state index contributed by atoms with van der Waals surface area (Å²) >= 11 is 2.25. The quantitative estimate of drug-likeness (QED) is 0.816. The SMILES string of the molecule is Cc1cccc(OCC(=O)Nc2ccc(C)c(I)c2)c1. The van der Waals surface area contributed by atoms with Crippen LogP contribution in [0.4, 0.5) is 5.69 Å². The lowest BCUT2D eigenvalue weighted by molar-refractivity contribution is -0.118. The van der Waals surface area contributed by atoms with Gasteiger partial charge in [0, 0.05) is 9.26 Å². The zero-order chi connectivity index (χ0) is 14.5. The van der Waals surface area contributed by atoms with Gasteiger partial charge in [0.05, 0.1) is 0 Å². The summed E-state index contributed by atoms with van der Waals surface area (Å²) in [4.78, 5) is 11.8. The molecule has 4 heteroatoms. The lowest BCUT2D eigenvalue weighted by atomic mass is 10.2. The molecule has 0 heterocycles. The van der Waals surface area contributed by atoms with Crippen molar-refractivity contribution >= 4 is 34.2 Å². The minimum absolute atomic E-state index is 0.00785. The van der Waals surface area contributed by atoms with E-state index < -0.39 is 0 Å². The summed E-state index contributed by atoms with van der Waals surface area (Å²) in [5.74, 6) is 0.546. The van der Waals surface area contributed by atoms with E-state index >= 15 is 0 Å². The first-order valence-electron chi connectivity index (χ1n) is 6.30. The van der Waals surface area contributed by atoms with Crippen LogP contribution in [-0.4, -0.2) is 12.5 Å². The van der Waals surface area contributed by atoms with Gasteiger partial charge < -0.3 is 10.1 Å². The third-order valence-electron chi connectivity index (χ3n) is 2.82. The molecule has 0 fully saturated rings. The van der Waals surface area contributed by atoms with Crippen LogP contribution in [0.5, 0.6) is 5.75 Å². The van der Waals surface area contributed by atoms with Gasteiger partial charge in [-0.25, -0.2) is 0 Å². The van der Waals surface area contributed by atoms with Gasteiger partial charge in [-0.15, -0.1) is 0 Å². The molecule has 20 heavy (non-hydrogen) atoms. The Hall–Kier alpha value is -1.56. The van der Waals surface area contributed by atoms with E-state index in [2.05, 4.69) is 27.9 Å². The zero-order valence-corrected chi connectivity index (χ0v) is 13.6. The van der Waals surface area contributed by atoms with Crippen molar-refractivity contribution in [3.8, 4) is 5.75 Å². The number of aryl methyl sites for hydroxylation is 2. The van der Waals surface area contributed by atoms with Crippen molar-refractivity contribution in [3.05, 3.63) is 57.2 Å². The Kier molecular flexibility index (Phi) is 5.00. The molecule has 0 unspecified atom stereocenters. The van der Waals surface area contributed by atoms with Crippen LogP contribution in [0.15, 0.2) is 42.5 Å². The summed E-state index contributed by atoms with van der Waals surface area (Å²) < 4.78 is 6.59. The van der Waals surface area contributed by atoms with Crippen LogP contribution in [-0.2, 0) is 4.79 Å². The zero-order valence-electron chi connectivity index (χ0n) is 11.4. The fourth-order valence-corrected chi connectivity index (χ4v) is 2.24. The van der Waals surface area contributed by atoms with E-state index in [0.29, 0.717) is 5.75 Å². The standard InChI is InChI=1S/C16H16INO2/c1-11-4-3-5-14(8-11)20-10-16(19)18-13-7-6-12(2)15(17)9-13/h3-9H,10H2,1-2H3,(H,18,19). The van der Waals surface area contributed by atoms with Gasteiger partial charge in [-0.1, -0.05) is 18.2 Å². The van der Waals surface area contributed by atoms with E-state index in [9.17, 15) is 4.79 Å². The number of halogens is 1. The van der Waals surface area contributed by atoms with Crippen LogP contribution in [0, 0.1) is 17.4 Å². The normalized spacial score (nSPS) is 10.2. The highest BCUT2D eigenvalue weighted by Crippen LogP contribution is 2.17. The number of rotatable bonds is 4. The lowest BCUT2D eigenvalue weighted by Crippen LogP contribution is -2.20. The van der Waals surface area contributed by atoms with Crippen molar-refractivity contribution < 1.29 is 9.53 Å². The highest BCUT2D eigenvalue weighted by Gasteiger charge is 2.05. The first-order chi connectivity index (χ1) is 9.54. The number of nitrogens with one attached hydrogen (secondary N) is 1. The van der Waals surface area contributed by atoms with Gasteiger partial charge in [0.25, 0.3) is 5.91 Å². The van der Waals surface area contributed by atoms with Crippen LogP contribution < -0.4 is 10.1 Å². The molecule has 0 spiro atoms. The van der Waals surface area contributed by atoms with Crippen molar-refractivity contribution in [3.63, 3.8) is 0 Å². The number of carbonyl (C=O) groups is 1. The fraction of sp³-hybridized carbons (Fsp3) is 0.188. The third kappa shape index (κ3) is 4.23. The highest BCUT2D eigenvalue weighted by atomic mass is 127. The third-order valence-corrected chi connectivity index (χ3v) is 3.98. The molecule has 0 saturated carbocycles. The van der Waals surface area contributed by atoms with Crippen molar-refractivity contribution in [2.75, 3.05) is 11.9 Å². The molecular formula is C16H16INO2. The number of hydrogen-bond acceptors (Lipinski definition) is 2. The Balaban J connectivity index is 1.91. The van der Waals surface area contributed by atoms with E-state index in [1.807, 2.05) is 56.3 Å². The summed E-state index contributed by atoms with van der Waals surface area (Å²) in [5, 5.41) is 2.83. The Labute approximate surface area is 132 Å². The summed E-state index contributed by atoms with van der Waals surface area (Å²) in [5.41, 5.74) is 3.09. The summed E-state index contributed by atoms with van der Waals surface area (Å²) in [6.07, 6.45) is 0. The molecule has 1 N–H and O–H groups in total. The molecule has 2 aromatic carbocycles. The van der Waals surface area contributed by atoms with Gasteiger partial charge >= 0.3 is 0 Å². The van der Waals surface area contributed by atoms with Crippen molar-refractivity contribution in [2.24, 2.45) is 0 Å². The predicted octanol–water partition coefficient (Wildman–Crippen LogP) is 3.93. The monoisotopic (exact) mass is 381 g/mol. The highest BCUT2D eigenvalue weighted by molar-refractivity contribution is 14.1. The van der Waals surface area contributed by atoms with E-state index in [0.717, 1.165) is 14.8 Å². The van der Waals surface area contributed by atoms with Crippen LogP contribution in [0.2, 0.25) is 0 Å². The van der Waals surface area contributed by atoms with Gasteiger partial charge in [0.15, 0.2) is 6.61 Å². The summed E-state index contributed by atoms with van der Waals surface area (Å²) in [6.45, 7) is 4.03. The molecule has 3 nitrogen and oxygen atoms in total. The molecule has 0 atom stereocenters. The maximum absolute atomic E-state index is 11.8. The van der Waals surface area contributed by atoms with Gasteiger partial charge in [-0.3, -0.25) is 4.79 Å². The number of ether oxygens (including phenoxy) is 1. The Morgan fingerprint density at radius 3 is 2.70 bits per heavy atom. The van der Waals surface area contributed by atoms with Crippen molar-refractivity contribution in [1.82, 2.24) is 0 Å². The molecule has 2 rings (SSSR count). The van der Waals surface area contributed by atoms with Gasteiger partial charge in [0.2, 0.25) is 0 Å². The number of benzene rings is 2. The molecular weight excluding hydrogens is 365 g/mol. The van der Waals surface area contributed by atoms with Gasteiger partial charge in [-0.05, 0) is 71.8 Å². The topological polar surface area (TPSA) is 38.3 Å². The molecule has 0 radical (unpaired) electrons. The van der Waals surface area contributed by atoms with Crippen LogP contribution in [0.25, 0.3) is 0 Å². The van der Waals surface area contributed by atoms with Crippen molar-refractivity contribution in [1.29, 1.82) is 0 Å². The molecule has 0 aliphatic heterocycles. The van der Waals surface area contributed by atoms with Crippen LogP contribution >= 0.6 is 22.6 Å². The van der Waals surface area contributed by atoms with E-state index in [1.165, 1.54) is 5.56 Å². The van der Waals surface area contributed by atoms with Crippen LogP contribution in [0.1, 0.15) is 11.1 Å². The predicted molar refractivity (Wildman–Crippen MR) is 89.2 cm³/mol. The molecule has 0 bridgehead atoms. The van der Waals surface area contributed by atoms with Gasteiger partial charge in [0.1, 0.15) is 5.75 Å². The summed E-state index contributed by atoms with van der Waals surface area (Å²) in [7, 11) is 0. The van der Waals surface area contributed by atoms with E-state index in [4.69, 9.17) is 4.74 Å². The average molecular weight is 381 g/mol. The van der Waals surface area contributed by atoms with Crippen molar-refractivity contribution in [2.45, 2.75) is 13.8 Å². The number of anilines is 1. The number of hydrogen-bond donors (Lipinski definition) is 1. The van der Waals surface area contributed by atoms with E-state index in [-0.39, 0.29) is 12.5 Å². The van der Waals surface area contributed by atoms with Crippen LogP contribution in [0.3, 0.4) is 0 Å². The van der Waals surface area contributed by atoms with Gasteiger partial charge in [-0.2, -0.15) is 0 Å².